The molecule has 0 atom stereocenters. The van der Waals surface area contributed by atoms with Crippen LogP contribution < -0.4 is 10.1 Å². The minimum atomic E-state index is -1.01. The predicted molar refractivity (Wildman–Crippen MR) is 78.5 cm³/mol. The Kier molecular flexibility index (Phi) is 5.20. The molecule has 0 radical (unpaired) electrons. The summed E-state index contributed by atoms with van der Waals surface area (Å²) in [6.07, 6.45) is 4.32. The molecule has 0 heterocycles. The molecule has 114 valence electrons. The smallest absolute Gasteiger partial charge is 0.335 e. The van der Waals surface area contributed by atoms with Gasteiger partial charge in [-0.3, -0.25) is 4.79 Å². The maximum Gasteiger partial charge on any atom is 0.335 e. The molecule has 1 amide bonds. The lowest BCUT2D eigenvalue weighted by atomic mass is 9.87. The van der Waals surface area contributed by atoms with Crippen molar-refractivity contribution in [3.8, 4) is 5.75 Å². The van der Waals surface area contributed by atoms with Crippen LogP contribution in [0.2, 0.25) is 0 Å². The van der Waals surface area contributed by atoms with Gasteiger partial charge in [0.05, 0.1) is 5.56 Å². The van der Waals surface area contributed by atoms with E-state index in [2.05, 4.69) is 12.2 Å². The summed E-state index contributed by atoms with van der Waals surface area (Å²) in [6, 6.07) is 6.38. The molecule has 1 aliphatic carbocycles. The van der Waals surface area contributed by atoms with E-state index in [1.807, 2.05) is 0 Å². The second-order valence-corrected chi connectivity index (χ2v) is 5.65. The van der Waals surface area contributed by atoms with Gasteiger partial charge in [-0.1, -0.05) is 13.0 Å². The molecule has 2 rings (SSSR count). The highest BCUT2D eigenvalue weighted by atomic mass is 16.5. The molecule has 0 saturated heterocycles. The van der Waals surface area contributed by atoms with Gasteiger partial charge in [0.15, 0.2) is 6.61 Å². The standard InChI is InChI=1S/C16H21NO4/c1-11-5-7-13(8-6-11)17-15(18)10-21-14-4-2-3-12(9-14)16(19)20/h2-4,9,11,13H,5-8,10H2,1H3,(H,17,18)(H,19,20). The predicted octanol–water partition coefficient (Wildman–Crippen LogP) is 2.46. The largest absolute Gasteiger partial charge is 0.484 e. The van der Waals surface area contributed by atoms with Crippen LogP contribution in [0.5, 0.6) is 5.75 Å². The summed E-state index contributed by atoms with van der Waals surface area (Å²) < 4.78 is 5.35. The Balaban J connectivity index is 1.78. The average Bonchev–Trinajstić information content (AvgIpc) is 2.48. The van der Waals surface area contributed by atoms with E-state index in [0.29, 0.717) is 5.75 Å². The Labute approximate surface area is 124 Å². The number of aromatic carboxylic acids is 1. The van der Waals surface area contributed by atoms with Crippen LogP contribution in [0.15, 0.2) is 24.3 Å². The first-order chi connectivity index (χ1) is 10.0. The molecule has 0 aliphatic heterocycles. The van der Waals surface area contributed by atoms with Gasteiger partial charge in [-0.15, -0.1) is 0 Å². The number of nitrogens with one attached hydrogen (secondary N) is 1. The number of ether oxygens (including phenoxy) is 1. The second-order valence-electron chi connectivity index (χ2n) is 5.65. The van der Waals surface area contributed by atoms with Crippen LogP contribution in [0.1, 0.15) is 43.0 Å². The third kappa shape index (κ3) is 4.77. The Morgan fingerprint density at radius 3 is 2.67 bits per heavy atom. The van der Waals surface area contributed by atoms with E-state index >= 15 is 0 Å². The van der Waals surface area contributed by atoms with E-state index in [9.17, 15) is 9.59 Å². The molecule has 1 aromatic carbocycles. The SMILES string of the molecule is CC1CCC(NC(=O)COc2cccc(C(=O)O)c2)CC1. The Morgan fingerprint density at radius 2 is 2.00 bits per heavy atom. The van der Waals surface area contributed by atoms with Crippen molar-refractivity contribution in [3.05, 3.63) is 29.8 Å². The fourth-order valence-electron chi connectivity index (χ4n) is 2.54. The first-order valence-electron chi connectivity index (χ1n) is 7.30. The number of carboxylic acid groups (broad SMARTS) is 1. The van der Waals surface area contributed by atoms with E-state index in [1.165, 1.54) is 12.1 Å². The van der Waals surface area contributed by atoms with Crippen molar-refractivity contribution in [1.29, 1.82) is 0 Å². The first-order valence-corrected chi connectivity index (χ1v) is 7.30. The highest BCUT2D eigenvalue weighted by Crippen LogP contribution is 2.23. The van der Waals surface area contributed by atoms with E-state index in [0.717, 1.165) is 31.6 Å². The summed E-state index contributed by atoms with van der Waals surface area (Å²) in [4.78, 5) is 22.7. The zero-order valence-electron chi connectivity index (χ0n) is 12.2. The minimum Gasteiger partial charge on any atom is -0.484 e. The fraction of sp³-hybridized carbons (Fsp3) is 0.500. The normalized spacial score (nSPS) is 21.6. The van der Waals surface area contributed by atoms with Gasteiger partial charge in [-0.25, -0.2) is 4.79 Å². The summed E-state index contributed by atoms with van der Waals surface area (Å²) in [5, 5.41) is 11.9. The maximum atomic E-state index is 11.8. The molecule has 0 spiro atoms. The molecule has 1 aliphatic rings. The third-order valence-corrected chi connectivity index (χ3v) is 3.83. The number of hydrogen-bond donors (Lipinski definition) is 2. The van der Waals surface area contributed by atoms with Gasteiger partial charge >= 0.3 is 5.97 Å². The van der Waals surface area contributed by atoms with Crippen LogP contribution in [0, 0.1) is 5.92 Å². The number of carbonyl (C=O) groups is 2. The molecule has 0 bridgehead atoms. The molecule has 5 nitrogen and oxygen atoms in total. The van der Waals surface area contributed by atoms with Crippen molar-refractivity contribution in [2.24, 2.45) is 5.92 Å². The van der Waals surface area contributed by atoms with Crippen molar-refractivity contribution in [3.63, 3.8) is 0 Å². The van der Waals surface area contributed by atoms with Gasteiger partial charge in [0.25, 0.3) is 5.91 Å². The van der Waals surface area contributed by atoms with Crippen LogP contribution in [0.4, 0.5) is 0 Å². The zero-order chi connectivity index (χ0) is 15.2. The van der Waals surface area contributed by atoms with E-state index in [-0.39, 0.29) is 24.1 Å². The number of amides is 1. The lowest BCUT2D eigenvalue weighted by Crippen LogP contribution is -2.39. The molecular formula is C16H21NO4. The fourth-order valence-corrected chi connectivity index (χ4v) is 2.54. The Bertz CT molecular complexity index is 507. The molecule has 5 heteroatoms. The molecule has 0 aromatic heterocycles. The number of hydrogen-bond acceptors (Lipinski definition) is 3. The summed E-state index contributed by atoms with van der Waals surface area (Å²) in [6.45, 7) is 2.14. The van der Waals surface area contributed by atoms with Crippen molar-refractivity contribution in [1.82, 2.24) is 5.32 Å². The monoisotopic (exact) mass is 291 g/mol. The number of carboxylic acids is 1. The average molecular weight is 291 g/mol. The first kappa shape index (κ1) is 15.4. The molecule has 0 unspecified atom stereocenters. The van der Waals surface area contributed by atoms with Crippen molar-refractivity contribution < 1.29 is 19.4 Å². The molecule has 1 aromatic rings. The van der Waals surface area contributed by atoms with Gasteiger partial charge < -0.3 is 15.2 Å². The molecule has 2 N–H and O–H groups in total. The lowest BCUT2D eigenvalue weighted by Gasteiger charge is -2.26. The highest BCUT2D eigenvalue weighted by molar-refractivity contribution is 5.88. The van der Waals surface area contributed by atoms with Crippen molar-refractivity contribution in [2.75, 3.05) is 6.61 Å². The van der Waals surface area contributed by atoms with Crippen molar-refractivity contribution >= 4 is 11.9 Å². The van der Waals surface area contributed by atoms with Crippen LogP contribution in [0.25, 0.3) is 0 Å². The topological polar surface area (TPSA) is 75.6 Å². The van der Waals surface area contributed by atoms with E-state index in [4.69, 9.17) is 9.84 Å². The number of carbonyl (C=O) groups excluding carboxylic acids is 1. The molecule has 1 saturated carbocycles. The third-order valence-electron chi connectivity index (χ3n) is 3.83. The summed E-state index contributed by atoms with van der Waals surface area (Å²) in [5.41, 5.74) is 0.147. The minimum absolute atomic E-state index is 0.0882. The quantitative estimate of drug-likeness (QED) is 0.873. The maximum absolute atomic E-state index is 11.8. The van der Waals surface area contributed by atoms with Crippen LogP contribution >= 0.6 is 0 Å². The van der Waals surface area contributed by atoms with Gasteiger partial charge in [0.2, 0.25) is 0 Å². The molecule has 21 heavy (non-hydrogen) atoms. The molecule has 1 fully saturated rings. The Morgan fingerprint density at radius 1 is 1.29 bits per heavy atom. The van der Waals surface area contributed by atoms with E-state index < -0.39 is 5.97 Å². The molecular weight excluding hydrogens is 270 g/mol. The van der Waals surface area contributed by atoms with Crippen LogP contribution in [-0.4, -0.2) is 29.6 Å². The van der Waals surface area contributed by atoms with Crippen LogP contribution in [0.3, 0.4) is 0 Å². The highest BCUT2D eigenvalue weighted by Gasteiger charge is 2.19. The van der Waals surface area contributed by atoms with Gasteiger partial charge in [-0.05, 0) is 49.8 Å². The zero-order valence-corrected chi connectivity index (χ0v) is 12.2. The number of rotatable bonds is 5. The van der Waals surface area contributed by atoms with Gasteiger partial charge in [0, 0.05) is 6.04 Å². The van der Waals surface area contributed by atoms with Crippen molar-refractivity contribution in [2.45, 2.75) is 38.6 Å². The summed E-state index contributed by atoms with van der Waals surface area (Å²) in [7, 11) is 0. The van der Waals surface area contributed by atoms with E-state index in [1.54, 1.807) is 12.1 Å². The Hall–Kier alpha value is -2.04. The van der Waals surface area contributed by atoms with Crippen LogP contribution in [-0.2, 0) is 4.79 Å². The lowest BCUT2D eigenvalue weighted by molar-refractivity contribution is -0.124. The second kappa shape index (κ2) is 7.11. The van der Waals surface area contributed by atoms with Gasteiger partial charge in [0.1, 0.15) is 5.75 Å². The summed E-state index contributed by atoms with van der Waals surface area (Å²) in [5.74, 6) is -0.0352. The van der Waals surface area contributed by atoms with Gasteiger partial charge in [-0.2, -0.15) is 0 Å². The summed E-state index contributed by atoms with van der Waals surface area (Å²) >= 11 is 0. The number of benzene rings is 1.